The number of halogens is 1. The van der Waals surface area contributed by atoms with E-state index in [1.807, 2.05) is 0 Å². The Morgan fingerprint density at radius 1 is 1.19 bits per heavy atom. The van der Waals surface area contributed by atoms with Crippen LogP contribution in [0.5, 0.6) is 5.88 Å². The first kappa shape index (κ1) is 14.8. The fraction of sp³-hybridized carbons (Fsp3) is 0. The SMILES string of the molecule is O=C(Nc1ccc(Br)cc1C(=O)O)c1cc(O)[nH]c(=O)c1. The predicted molar refractivity (Wildman–Crippen MR) is 77.8 cm³/mol. The van der Waals surface area contributed by atoms with Gasteiger partial charge in [-0.05, 0) is 18.2 Å². The van der Waals surface area contributed by atoms with Crippen LogP contribution < -0.4 is 10.9 Å². The summed E-state index contributed by atoms with van der Waals surface area (Å²) >= 11 is 3.14. The van der Waals surface area contributed by atoms with Gasteiger partial charge in [-0.2, -0.15) is 0 Å². The number of H-pyrrole nitrogens is 1. The number of amides is 1. The van der Waals surface area contributed by atoms with Crippen LogP contribution in [0.25, 0.3) is 0 Å². The normalized spacial score (nSPS) is 10.1. The largest absolute Gasteiger partial charge is 0.494 e. The highest BCUT2D eigenvalue weighted by molar-refractivity contribution is 9.10. The number of aromatic amines is 1. The summed E-state index contributed by atoms with van der Waals surface area (Å²) in [6.45, 7) is 0. The topological polar surface area (TPSA) is 119 Å². The van der Waals surface area contributed by atoms with Crippen LogP contribution in [0.2, 0.25) is 0 Å². The van der Waals surface area contributed by atoms with Crippen molar-refractivity contribution in [3.05, 3.63) is 56.3 Å². The molecule has 0 fully saturated rings. The van der Waals surface area contributed by atoms with Gasteiger partial charge < -0.3 is 15.5 Å². The number of nitrogens with one attached hydrogen (secondary N) is 2. The Hall–Kier alpha value is -2.61. The molecule has 1 aromatic carbocycles. The van der Waals surface area contributed by atoms with Crippen LogP contribution in [0, 0.1) is 0 Å². The van der Waals surface area contributed by atoms with Gasteiger partial charge in [-0.1, -0.05) is 15.9 Å². The van der Waals surface area contributed by atoms with E-state index in [1.165, 1.54) is 12.1 Å². The highest BCUT2D eigenvalue weighted by Gasteiger charge is 2.15. The van der Waals surface area contributed by atoms with E-state index in [0.717, 1.165) is 12.1 Å². The molecule has 4 N–H and O–H groups in total. The average molecular weight is 353 g/mol. The number of anilines is 1. The molecule has 0 bridgehead atoms. The molecule has 0 atom stereocenters. The van der Waals surface area contributed by atoms with Gasteiger partial charge in [-0.15, -0.1) is 0 Å². The van der Waals surface area contributed by atoms with E-state index < -0.39 is 23.3 Å². The fourth-order valence-corrected chi connectivity index (χ4v) is 2.02. The van der Waals surface area contributed by atoms with Gasteiger partial charge in [0.25, 0.3) is 11.5 Å². The number of carbonyl (C=O) groups is 2. The molecule has 0 aliphatic rings. The van der Waals surface area contributed by atoms with Crippen LogP contribution in [-0.4, -0.2) is 27.1 Å². The van der Waals surface area contributed by atoms with E-state index in [1.54, 1.807) is 6.07 Å². The first-order valence-corrected chi connectivity index (χ1v) is 6.43. The maximum atomic E-state index is 12.0. The van der Waals surface area contributed by atoms with Crippen molar-refractivity contribution in [2.45, 2.75) is 0 Å². The number of aromatic nitrogens is 1. The summed E-state index contributed by atoms with van der Waals surface area (Å²) in [4.78, 5) is 36.4. The first-order chi connectivity index (χ1) is 9.86. The van der Waals surface area contributed by atoms with E-state index >= 15 is 0 Å². The lowest BCUT2D eigenvalue weighted by atomic mass is 10.1. The van der Waals surface area contributed by atoms with E-state index in [0.29, 0.717) is 4.47 Å². The van der Waals surface area contributed by atoms with E-state index in [-0.39, 0.29) is 16.8 Å². The third kappa shape index (κ3) is 3.48. The molecule has 0 radical (unpaired) electrons. The highest BCUT2D eigenvalue weighted by atomic mass is 79.9. The average Bonchev–Trinajstić information content (AvgIpc) is 2.39. The van der Waals surface area contributed by atoms with Gasteiger partial charge >= 0.3 is 5.97 Å². The van der Waals surface area contributed by atoms with Crippen molar-refractivity contribution in [1.29, 1.82) is 0 Å². The number of aromatic hydroxyl groups is 1. The monoisotopic (exact) mass is 352 g/mol. The van der Waals surface area contributed by atoms with Crippen LogP contribution in [0.4, 0.5) is 5.69 Å². The van der Waals surface area contributed by atoms with Gasteiger partial charge in [0.2, 0.25) is 0 Å². The van der Waals surface area contributed by atoms with Gasteiger partial charge in [-0.3, -0.25) is 14.6 Å². The minimum absolute atomic E-state index is 0.0791. The molecule has 7 nitrogen and oxygen atoms in total. The summed E-state index contributed by atoms with van der Waals surface area (Å²) in [5, 5.41) is 20.7. The van der Waals surface area contributed by atoms with Gasteiger partial charge in [0.05, 0.1) is 16.8 Å². The zero-order valence-corrected chi connectivity index (χ0v) is 12.0. The summed E-state index contributed by atoms with van der Waals surface area (Å²) < 4.78 is 0.548. The number of rotatable bonds is 3. The van der Waals surface area contributed by atoms with Crippen LogP contribution in [0.15, 0.2) is 39.6 Å². The van der Waals surface area contributed by atoms with Gasteiger partial charge in [0.1, 0.15) is 0 Å². The Kier molecular flexibility index (Phi) is 4.08. The van der Waals surface area contributed by atoms with Crippen LogP contribution >= 0.6 is 15.9 Å². The van der Waals surface area contributed by atoms with Crippen molar-refractivity contribution in [3.8, 4) is 5.88 Å². The number of pyridine rings is 1. The molecule has 0 unspecified atom stereocenters. The molecule has 21 heavy (non-hydrogen) atoms. The quantitative estimate of drug-likeness (QED) is 0.671. The molecular weight excluding hydrogens is 344 g/mol. The summed E-state index contributed by atoms with van der Waals surface area (Å²) in [5.74, 6) is -2.37. The molecule has 0 saturated carbocycles. The van der Waals surface area contributed by atoms with Crippen molar-refractivity contribution in [3.63, 3.8) is 0 Å². The van der Waals surface area contributed by atoms with Crippen LogP contribution in [0.3, 0.4) is 0 Å². The third-order valence-corrected chi connectivity index (χ3v) is 3.05. The Bertz CT molecular complexity index is 784. The third-order valence-electron chi connectivity index (χ3n) is 2.55. The Morgan fingerprint density at radius 2 is 1.90 bits per heavy atom. The molecule has 1 aromatic heterocycles. The summed E-state index contributed by atoms with van der Waals surface area (Å²) in [6.07, 6.45) is 0. The smallest absolute Gasteiger partial charge is 0.337 e. The lowest BCUT2D eigenvalue weighted by Crippen LogP contribution is -2.17. The number of aromatic carboxylic acids is 1. The standard InChI is InChI=1S/C13H9BrN2O5/c14-7-1-2-9(8(5-7)13(20)21)15-12(19)6-3-10(17)16-11(18)4-6/h1-5H,(H,15,19)(H,20,21)(H2,16,17,18). The number of hydrogen-bond donors (Lipinski definition) is 4. The summed E-state index contributed by atoms with van der Waals surface area (Å²) in [5.41, 5.74) is -0.757. The van der Waals surface area contributed by atoms with Gasteiger partial charge in [-0.25, -0.2) is 4.79 Å². The van der Waals surface area contributed by atoms with Crippen molar-refractivity contribution in [1.82, 2.24) is 4.98 Å². The predicted octanol–water partition coefficient (Wildman–Crippen LogP) is 1.79. The second kappa shape index (κ2) is 5.80. The molecule has 0 spiro atoms. The van der Waals surface area contributed by atoms with Crippen molar-refractivity contribution in [2.24, 2.45) is 0 Å². The van der Waals surface area contributed by atoms with E-state index in [9.17, 15) is 19.5 Å². The van der Waals surface area contributed by atoms with Crippen LogP contribution in [0.1, 0.15) is 20.7 Å². The number of carboxylic acids is 1. The summed E-state index contributed by atoms with van der Waals surface area (Å²) in [6, 6.07) is 6.38. The Balaban J connectivity index is 2.36. The molecule has 108 valence electrons. The summed E-state index contributed by atoms with van der Waals surface area (Å²) in [7, 11) is 0. The second-order valence-electron chi connectivity index (χ2n) is 4.07. The van der Waals surface area contributed by atoms with Gasteiger partial charge in [0, 0.05) is 16.6 Å². The van der Waals surface area contributed by atoms with E-state index in [4.69, 9.17) is 5.11 Å². The second-order valence-corrected chi connectivity index (χ2v) is 4.98. The van der Waals surface area contributed by atoms with Crippen LogP contribution in [-0.2, 0) is 0 Å². The first-order valence-electron chi connectivity index (χ1n) is 5.64. The number of benzene rings is 1. The molecule has 8 heteroatoms. The minimum atomic E-state index is -1.21. The maximum absolute atomic E-state index is 12.0. The highest BCUT2D eigenvalue weighted by Crippen LogP contribution is 2.22. The molecule has 0 aliphatic heterocycles. The van der Waals surface area contributed by atoms with Gasteiger partial charge in [0.15, 0.2) is 5.88 Å². The van der Waals surface area contributed by atoms with Crippen molar-refractivity contribution < 1.29 is 19.8 Å². The van der Waals surface area contributed by atoms with Crippen molar-refractivity contribution in [2.75, 3.05) is 5.32 Å². The molecule has 1 amide bonds. The Labute approximate surface area is 126 Å². The minimum Gasteiger partial charge on any atom is -0.494 e. The molecular formula is C13H9BrN2O5. The maximum Gasteiger partial charge on any atom is 0.337 e. The molecule has 2 rings (SSSR count). The number of carboxylic acid groups (broad SMARTS) is 1. The zero-order chi connectivity index (χ0) is 15.6. The fourth-order valence-electron chi connectivity index (χ4n) is 1.66. The Morgan fingerprint density at radius 3 is 2.52 bits per heavy atom. The number of hydrogen-bond acceptors (Lipinski definition) is 4. The van der Waals surface area contributed by atoms with Crippen molar-refractivity contribution >= 4 is 33.5 Å². The number of carbonyl (C=O) groups excluding carboxylic acids is 1. The molecule has 0 saturated heterocycles. The molecule has 2 aromatic rings. The lowest BCUT2D eigenvalue weighted by Gasteiger charge is -2.09. The molecule has 1 heterocycles. The van der Waals surface area contributed by atoms with E-state index in [2.05, 4.69) is 26.2 Å². The molecule has 0 aliphatic carbocycles. The zero-order valence-electron chi connectivity index (χ0n) is 10.4. The lowest BCUT2D eigenvalue weighted by molar-refractivity contribution is 0.0698.